The first-order valence-electron chi connectivity index (χ1n) is 3.25. The third kappa shape index (κ3) is 8.46. The summed E-state index contributed by atoms with van der Waals surface area (Å²) in [4.78, 5) is 7.77. The van der Waals surface area contributed by atoms with E-state index >= 15 is 0 Å². The van der Waals surface area contributed by atoms with Crippen molar-refractivity contribution in [1.82, 2.24) is 0 Å². The van der Waals surface area contributed by atoms with Gasteiger partial charge in [-0.15, -0.1) is 12.8 Å². The molecule has 0 aromatic carbocycles. The summed E-state index contributed by atoms with van der Waals surface area (Å²) in [5.74, 6) is 4.79. The van der Waals surface area contributed by atoms with Gasteiger partial charge in [-0.25, -0.2) is 0 Å². The van der Waals surface area contributed by atoms with Gasteiger partial charge in [0.25, 0.3) is 0 Å². The molecule has 0 saturated carbocycles. The van der Waals surface area contributed by atoms with Gasteiger partial charge >= 0.3 is 0 Å². The maximum absolute atomic E-state index is 4.97. The van der Waals surface area contributed by atoms with Crippen LogP contribution < -0.4 is 0 Å². The molecule has 0 aromatic rings. The third-order valence-corrected chi connectivity index (χ3v) is 0.834. The van der Waals surface area contributed by atoms with Gasteiger partial charge in [-0.05, 0) is 0 Å². The van der Waals surface area contributed by atoms with Crippen LogP contribution in [0.2, 0.25) is 0 Å². The van der Waals surface area contributed by atoms with Gasteiger partial charge < -0.3 is 0 Å². The molecular weight excluding hydrogens is 136 g/mol. The van der Waals surface area contributed by atoms with Gasteiger partial charge in [-0.1, -0.05) is 11.8 Å². The fraction of sp³-hybridized carbons (Fsp3) is 0.333. The second-order valence-electron chi connectivity index (χ2n) is 1.69. The Hall–Kier alpha value is -1.54. The van der Waals surface area contributed by atoms with Crippen molar-refractivity contribution in [3.63, 3.8) is 0 Å². The normalized spacial score (nSPS) is 10.0. The summed E-state index contributed by atoms with van der Waals surface area (Å²) >= 11 is 0. The number of nitrogens with zero attached hydrogens (tertiary/aromatic N) is 2. The Labute approximate surface area is 67.4 Å². The molecule has 2 nitrogen and oxygen atoms in total. The molecule has 0 spiro atoms. The van der Waals surface area contributed by atoms with Crippen LogP contribution in [0.1, 0.15) is 6.42 Å². The van der Waals surface area contributed by atoms with Crippen LogP contribution in [-0.4, -0.2) is 25.5 Å². The molecule has 0 rings (SSSR count). The molecule has 56 valence electrons. The van der Waals surface area contributed by atoms with E-state index in [2.05, 4.69) is 21.8 Å². The van der Waals surface area contributed by atoms with Crippen molar-refractivity contribution >= 4 is 12.4 Å². The largest absolute Gasteiger partial charge is 0.284 e. The van der Waals surface area contributed by atoms with Gasteiger partial charge in [-0.3, -0.25) is 9.98 Å². The van der Waals surface area contributed by atoms with Crippen molar-refractivity contribution in [3.8, 4) is 24.7 Å². The van der Waals surface area contributed by atoms with Gasteiger partial charge in [0.05, 0.1) is 13.1 Å². The molecule has 0 saturated heterocycles. The summed E-state index contributed by atoms with van der Waals surface area (Å²) in [6.07, 6.45) is 14.1. The maximum Gasteiger partial charge on any atom is 0.0991 e. The summed E-state index contributed by atoms with van der Waals surface area (Å²) < 4.78 is 0. The van der Waals surface area contributed by atoms with Crippen molar-refractivity contribution in [1.29, 1.82) is 0 Å². The molecule has 0 heterocycles. The van der Waals surface area contributed by atoms with E-state index in [1.165, 1.54) is 0 Å². The highest BCUT2D eigenvalue weighted by Gasteiger charge is 1.71. The minimum Gasteiger partial charge on any atom is -0.284 e. The molecule has 11 heavy (non-hydrogen) atoms. The van der Waals surface area contributed by atoms with E-state index in [9.17, 15) is 0 Å². The zero-order chi connectivity index (χ0) is 8.36. The zero-order valence-electron chi connectivity index (χ0n) is 6.33. The molecule has 0 amide bonds. The van der Waals surface area contributed by atoms with Gasteiger partial charge in [0.1, 0.15) is 0 Å². The zero-order valence-corrected chi connectivity index (χ0v) is 6.33. The van der Waals surface area contributed by atoms with Crippen LogP contribution in [0.4, 0.5) is 0 Å². The average Bonchev–Trinajstić information content (AvgIpc) is 2.03. The second-order valence-corrected chi connectivity index (χ2v) is 1.69. The Balaban J connectivity index is 3.28. The maximum atomic E-state index is 4.97. The topological polar surface area (TPSA) is 24.7 Å². The van der Waals surface area contributed by atoms with Crippen molar-refractivity contribution in [2.45, 2.75) is 6.42 Å². The van der Waals surface area contributed by atoms with Crippen LogP contribution in [0, 0.1) is 24.7 Å². The van der Waals surface area contributed by atoms with E-state index in [1.54, 1.807) is 12.4 Å². The van der Waals surface area contributed by atoms with Crippen LogP contribution in [0.5, 0.6) is 0 Å². The summed E-state index contributed by atoms with van der Waals surface area (Å²) in [5.41, 5.74) is 0. The summed E-state index contributed by atoms with van der Waals surface area (Å²) in [6.45, 7) is 0.867. The minimum absolute atomic E-state index is 0.434. The molecule has 0 bridgehead atoms. The van der Waals surface area contributed by atoms with Crippen molar-refractivity contribution in [2.75, 3.05) is 13.1 Å². The molecule has 0 unspecified atom stereocenters. The number of rotatable bonds is 4. The molecule has 0 fully saturated rings. The molecule has 0 aliphatic rings. The quantitative estimate of drug-likeness (QED) is 0.413. The second kappa shape index (κ2) is 8.46. The predicted octanol–water partition coefficient (Wildman–Crippen LogP) is 0.784. The van der Waals surface area contributed by atoms with Gasteiger partial charge in [0, 0.05) is 18.9 Å². The molecule has 0 radical (unpaired) electrons. The Bertz CT molecular complexity index is 189. The van der Waals surface area contributed by atoms with E-state index in [0.717, 1.165) is 0 Å². The highest BCUT2D eigenvalue weighted by Crippen LogP contribution is 1.71. The third-order valence-electron chi connectivity index (χ3n) is 0.834. The highest BCUT2D eigenvalue weighted by atomic mass is 14.7. The lowest BCUT2D eigenvalue weighted by Gasteiger charge is -1.80. The minimum atomic E-state index is 0.434. The van der Waals surface area contributed by atoms with Crippen LogP contribution in [0.25, 0.3) is 0 Å². The molecule has 0 aromatic heterocycles. The summed E-state index contributed by atoms with van der Waals surface area (Å²) in [6, 6.07) is 0. The van der Waals surface area contributed by atoms with Crippen LogP contribution in [-0.2, 0) is 0 Å². The lowest BCUT2D eigenvalue weighted by Crippen LogP contribution is -1.81. The summed E-state index contributed by atoms with van der Waals surface area (Å²) in [7, 11) is 0. The Morgan fingerprint density at radius 1 is 1.00 bits per heavy atom. The summed E-state index contributed by atoms with van der Waals surface area (Å²) in [5, 5.41) is 0. The number of hydrogen-bond acceptors (Lipinski definition) is 2. The van der Waals surface area contributed by atoms with Gasteiger partial charge in [0.15, 0.2) is 0 Å². The fourth-order valence-corrected chi connectivity index (χ4v) is 0.431. The van der Waals surface area contributed by atoms with E-state index in [-0.39, 0.29) is 0 Å². The molecule has 0 N–H and O–H groups in total. The van der Waals surface area contributed by atoms with E-state index in [0.29, 0.717) is 19.5 Å². The predicted molar refractivity (Wildman–Crippen MR) is 49.0 cm³/mol. The van der Waals surface area contributed by atoms with Crippen molar-refractivity contribution < 1.29 is 0 Å². The van der Waals surface area contributed by atoms with E-state index < -0.39 is 0 Å². The number of terminal acetylenes is 2. The molecule has 0 aliphatic carbocycles. The Morgan fingerprint density at radius 3 is 1.82 bits per heavy atom. The van der Waals surface area contributed by atoms with E-state index in [1.807, 2.05) is 0 Å². The van der Waals surface area contributed by atoms with Crippen molar-refractivity contribution in [3.05, 3.63) is 0 Å². The first-order chi connectivity index (χ1) is 5.41. The monoisotopic (exact) mass is 146 g/mol. The smallest absolute Gasteiger partial charge is 0.0991 e. The van der Waals surface area contributed by atoms with Crippen LogP contribution in [0.15, 0.2) is 9.98 Å². The van der Waals surface area contributed by atoms with Gasteiger partial charge in [0.2, 0.25) is 0 Å². The number of aliphatic imine (C=N–C) groups is 2. The van der Waals surface area contributed by atoms with Gasteiger partial charge in [-0.2, -0.15) is 0 Å². The van der Waals surface area contributed by atoms with Crippen molar-refractivity contribution in [2.24, 2.45) is 9.98 Å². The lowest BCUT2D eigenvalue weighted by molar-refractivity contribution is 1.27. The molecule has 2 heteroatoms. The lowest BCUT2D eigenvalue weighted by atomic mass is 10.5. The average molecular weight is 146 g/mol. The van der Waals surface area contributed by atoms with Crippen LogP contribution in [0.3, 0.4) is 0 Å². The van der Waals surface area contributed by atoms with Crippen LogP contribution >= 0.6 is 0 Å². The van der Waals surface area contributed by atoms with E-state index in [4.69, 9.17) is 12.8 Å². The molecular formula is C9H10N2. The first kappa shape index (κ1) is 9.46. The first-order valence-corrected chi connectivity index (χ1v) is 3.25. The molecule has 0 aliphatic heterocycles. The SMILES string of the molecule is C#CCN=CCC=NCC#C. The Kier molecular flexibility index (Phi) is 7.28. The number of hydrogen-bond donors (Lipinski definition) is 0. The standard InChI is InChI=1S/C9H10N2/c1-3-6-10-8-5-9-11-7-4-2/h1-2,8-9H,5-7H2. The fourth-order valence-electron chi connectivity index (χ4n) is 0.431. The Morgan fingerprint density at radius 2 is 1.45 bits per heavy atom. The highest BCUT2D eigenvalue weighted by molar-refractivity contribution is 5.79. The molecule has 0 atom stereocenters.